The van der Waals surface area contributed by atoms with Crippen LogP contribution >= 0.6 is 0 Å². The van der Waals surface area contributed by atoms with E-state index in [0.717, 1.165) is 33.9 Å². The van der Waals surface area contributed by atoms with E-state index in [2.05, 4.69) is 5.10 Å². The number of alkyl halides is 3. The lowest BCUT2D eigenvalue weighted by Gasteiger charge is -2.14. The molecule has 0 radical (unpaired) electrons. The second-order valence-corrected chi connectivity index (χ2v) is 9.79. The van der Waals surface area contributed by atoms with Gasteiger partial charge in [-0.15, -0.1) is 0 Å². The fourth-order valence-electron chi connectivity index (χ4n) is 5.03. The van der Waals surface area contributed by atoms with Crippen LogP contribution in [0.4, 0.5) is 13.2 Å². The van der Waals surface area contributed by atoms with Crippen LogP contribution < -0.4 is 4.74 Å². The number of aliphatic carboxylic acids is 1. The topological polar surface area (TPSA) is 64.3 Å². The average Bonchev–Trinajstić information content (AvgIpc) is 3.25. The smallest absolute Gasteiger partial charge is 0.418 e. The number of fused-ring (bicyclic) bond motifs is 1. The molecule has 4 aromatic carbocycles. The van der Waals surface area contributed by atoms with E-state index in [1.165, 1.54) is 6.07 Å². The minimum Gasteiger partial charge on any atom is -0.489 e. The van der Waals surface area contributed by atoms with Crippen LogP contribution in [0.15, 0.2) is 84.9 Å². The SMILES string of the molecule is Cc1cc(CC(=O)O)cc(C)c1COc1cccc(-c2c3cccc(C(F)(F)F)c3nn2Cc2ccccc2)c1. The Morgan fingerprint density at radius 2 is 1.60 bits per heavy atom. The second kappa shape index (κ2) is 10.9. The predicted octanol–water partition coefficient (Wildman–Crippen LogP) is 7.59. The summed E-state index contributed by atoms with van der Waals surface area (Å²) in [6.07, 6.45) is -4.59. The van der Waals surface area contributed by atoms with E-state index in [9.17, 15) is 18.0 Å². The van der Waals surface area contributed by atoms with Crippen LogP contribution in [0.3, 0.4) is 0 Å². The van der Waals surface area contributed by atoms with E-state index in [4.69, 9.17) is 9.84 Å². The number of rotatable bonds is 8. The van der Waals surface area contributed by atoms with Crippen molar-refractivity contribution in [3.05, 3.63) is 118 Å². The molecule has 0 saturated carbocycles. The number of ether oxygens (including phenoxy) is 1. The zero-order chi connectivity index (χ0) is 28.4. The van der Waals surface area contributed by atoms with Gasteiger partial charge in [0.05, 0.1) is 24.2 Å². The van der Waals surface area contributed by atoms with Gasteiger partial charge in [-0.25, -0.2) is 0 Å². The molecular weight excluding hydrogens is 517 g/mol. The first kappa shape index (κ1) is 27.0. The maximum Gasteiger partial charge on any atom is 0.418 e. The zero-order valence-corrected chi connectivity index (χ0v) is 22.0. The third-order valence-electron chi connectivity index (χ3n) is 6.85. The van der Waals surface area contributed by atoms with Crippen molar-refractivity contribution in [1.29, 1.82) is 0 Å². The molecule has 0 aliphatic heterocycles. The molecule has 1 aromatic heterocycles. The molecule has 0 fully saturated rings. The van der Waals surface area contributed by atoms with Gasteiger partial charge in [0.25, 0.3) is 0 Å². The number of halogens is 3. The van der Waals surface area contributed by atoms with E-state index in [1.807, 2.05) is 68.4 Å². The highest BCUT2D eigenvalue weighted by Crippen LogP contribution is 2.39. The number of carbonyl (C=O) groups is 1. The maximum absolute atomic E-state index is 13.9. The van der Waals surface area contributed by atoms with Crippen LogP contribution in [-0.2, 0) is 30.5 Å². The van der Waals surface area contributed by atoms with Gasteiger partial charge in [-0.1, -0.05) is 66.7 Å². The lowest BCUT2D eigenvalue weighted by molar-refractivity contribution is -0.137. The summed E-state index contributed by atoms with van der Waals surface area (Å²) in [7, 11) is 0. The van der Waals surface area contributed by atoms with Crippen molar-refractivity contribution in [3.63, 3.8) is 0 Å². The molecule has 5 rings (SSSR count). The lowest BCUT2D eigenvalue weighted by Crippen LogP contribution is -2.07. The second-order valence-electron chi connectivity index (χ2n) is 9.79. The Labute approximate surface area is 229 Å². The summed E-state index contributed by atoms with van der Waals surface area (Å²) in [5.74, 6) is -0.334. The molecule has 1 N–H and O–H groups in total. The van der Waals surface area contributed by atoms with E-state index in [0.29, 0.717) is 28.9 Å². The first-order valence-corrected chi connectivity index (χ1v) is 12.7. The minimum atomic E-state index is -4.54. The number of carboxylic acids is 1. The van der Waals surface area contributed by atoms with Crippen LogP contribution in [0, 0.1) is 13.8 Å². The molecule has 0 bridgehead atoms. The Morgan fingerprint density at radius 1 is 0.900 bits per heavy atom. The predicted molar refractivity (Wildman–Crippen MR) is 147 cm³/mol. The normalized spacial score (nSPS) is 11.6. The van der Waals surface area contributed by atoms with Crippen LogP contribution in [0.25, 0.3) is 22.2 Å². The standard InChI is InChI=1S/C32H27F3N2O3/c1-20-14-23(16-29(38)39)15-21(2)27(20)19-40-25-11-6-10-24(17-25)31-26-12-7-13-28(32(33,34)35)30(26)36-37(31)18-22-8-4-3-5-9-22/h3-15,17H,16,18-19H2,1-2H3,(H,38,39). The minimum absolute atomic E-state index is 0.0501. The number of nitrogens with zero attached hydrogens (tertiary/aromatic N) is 2. The number of hydrogen-bond donors (Lipinski definition) is 1. The average molecular weight is 545 g/mol. The number of aromatic nitrogens is 2. The molecule has 0 atom stereocenters. The Hall–Kier alpha value is -4.59. The van der Waals surface area contributed by atoms with Gasteiger partial charge < -0.3 is 9.84 Å². The highest BCUT2D eigenvalue weighted by Gasteiger charge is 2.34. The van der Waals surface area contributed by atoms with Gasteiger partial charge in [0, 0.05) is 10.9 Å². The molecule has 40 heavy (non-hydrogen) atoms. The van der Waals surface area contributed by atoms with Crippen molar-refractivity contribution in [2.75, 3.05) is 0 Å². The molecular formula is C32H27F3N2O3. The van der Waals surface area contributed by atoms with E-state index in [-0.39, 0.29) is 18.5 Å². The molecule has 0 spiro atoms. The molecule has 0 aliphatic rings. The molecule has 0 aliphatic carbocycles. The third kappa shape index (κ3) is 5.71. The monoisotopic (exact) mass is 544 g/mol. The highest BCUT2D eigenvalue weighted by molar-refractivity contribution is 5.95. The van der Waals surface area contributed by atoms with Crippen molar-refractivity contribution in [3.8, 4) is 17.0 Å². The highest BCUT2D eigenvalue weighted by atomic mass is 19.4. The summed E-state index contributed by atoms with van der Waals surface area (Å²) in [6, 6.07) is 24.5. The summed E-state index contributed by atoms with van der Waals surface area (Å²) in [6.45, 7) is 4.39. The van der Waals surface area contributed by atoms with Gasteiger partial charge >= 0.3 is 12.1 Å². The summed E-state index contributed by atoms with van der Waals surface area (Å²) >= 11 is 0. The Kier molecular flexibility index (Phi) is 7.34. The summed E-state index contributed by atoms with van der Waals surface area (Å²) in [5, 5.41) is 14.0. The van der Waals surface area contributed by atoms with Gasteiger partial charge in [-0.05, 0) is 59.9 Å². The van der Waals surface area contributed by atoms with E-state index < -0.39 is 17.7 Å². The summed E-state index contributed by atoms with van der Waals surface area (Å²) in [4.78, 5) is 11.1. The zero-order valence-electron chi connectivity index (χ0n) is 22.0. The molecule has 0 unspecified atom stereocenters. The Bertz CT molecular complexity index is 1670. The molecule has 5 nitrogen and oxygen atoms in total. The van der Waals surface area contributed by atoms with E-state index >= 15 is 0 Å². The van der Waals surface area contributed by atoms with Gasteiger partial charge in [-0.3, -0.25) is 9.48 Å². The molecule has 8 heteroatoms. The molecule has 1 heterocycles. The van der Waals surface area contributed by atoms with Gasteiger partial charge in [0.2, 0.25) is 0 Å². The quantitative estimate of drug-likeness (QED) is 0.219. The van der Waals surface area contributed by atoms with Crippen molar-refractivity contribution in [1.82, 2.24) is 9.78 Å². The fourth-order valence-corrected chi connectivity index (χ4v) is 5.03. The fraction of sp³-hybridized carbons (Fsp3) is 0.188. The number of aryl methyl sites for hydroxylation is 2. The number of hydrogen-bond acceptors (Lipinski definition) is 3. The Morgan fingerprint density at radius 3 is 2.27 bits per heavy atom. The number of benzene rings is 4. The van der Waals surface area contributed by atoms with E-state index in [1.54, 1.807) is 22.9 Å². The lowest BCUT2D eigenvalue weighted by atomic mass is 9.98. The Balaban J connectivity index is 1.52. The van der Waals surface area contributed by atoms with Gasteiger partial charge in [0.1, 0.15) is 17.9 Å². The summed E-state index contributed by atoms with van der Waals surface area (Å²) < 4.78 is 49.4. The third-order valence-corrected chi connectivity index (χ3v) is 6.85. The van der Waals surface area contributed by atoms with Crippen molar-refractivity contribution >= 4 is 16.9 Å². The van der Waals surface area contributed by atoms with Gasteiger partial charge in [0.15, 0.2) is 0 Å². The molecule has 0 amide bonds. The molecule has 204 valence electrons. The first-order chi connectivity index (χ1) is 19.1. The van der Waals surface area contributed by atoms with Crippen LogP contribution in [-0.4, -0.2) is 20.9 Å². The van der Waals surface area contributed by atoms with Crippen molar-refractivity contribution < 1.29 is 27.8 Å². The first-order valence-electron chi connectivity index (χ1n) is 12.7. The van der Waals surface area contributed by atoms with Crippen molar-refractivity contribution in [2.45, 2.75) is 39.6 Å². The van der Waals surface area contributed by atoms with Gasteiger partial charge in [-0.2, -0.15) is 18.3 Å². The molecule has 0 saturated heterocycles. The number of carboxylic acid groups (broad SMARTS) is 1. The largest absolute Gasteiger partial charge is 0.489 e. The van der Waals surface area contributed by atoms with Crippen LogP contribution in [0.5, 0.6) is 5.75 Å². The maximum atomic E-state index is 13.9. The van der Waals surface area contributed by atoms with Crippen LogP contribution in [0.2, 0.25) is 0 Å². The molecule has 5 aromatic rings. The van der Waals surface area contributed by atoms with Crippen molar-refractivity contribution in [2.24, 2.45) is 0 Å². The summed E-state index contributed by atoms with van der Waals surface area (Å²) in [5.41, 5.74) is 4.83. The van der Waals surface area contributed by atoms with Crippen LogP contribution in [0.1, 0.15) is 33.4 Å².